The Morgan fingerprint density at radius 1 is 1.24 bits per heavy atom. The second-order valence-electron chi connectivity index (χ2n) is 6.29. The lowest BCUT2D eigenvalue weighted by atomic mass is 10.1. The molecule has 1 aromatic carbocycles. The summed E-state index contributed by atoms with van der Waals surface area (Å²) in [5.41, 5.74) is 3.77. The maximum absolute atomic E-state index is 11.9. The van der Waals surface area contributed by atoms with Crippen molar-refractivity contribution in [2.75, 3.05) is 0 Å². The first-order valence-electron chi connectivity index (χ1n) is 7.95. The van der Waals surface area contributed by atoms with Crippen molar-refractivity contribution in [2.24, 2.45) is 7.05 Å². The maximum Gasteiger partial charge on any atom is 0.214 e. The number of rotatable bonds is 5. The van der Waals surface area contributed by atoms with E-state index in [9.17, 15) is 8.42 Å². The molecular weight excluding hydrogens is 358 g/mol. The van der Waals surface area contributed by atoms with Gasteiger partial charge < -0.3 is 4.57 Å². The van der Waals surface area contributed by atoms with Crippen molar-refractivity contribution in [2.45, 2.75) is 25.6 Å². The molecule has 0 spiro atoms. The van der Waals surface area contributed by atoms with Crippen LogP contribution in [0.3, 0.4) is 0 Å². The highest BCUT2D eigenvalue weighted by Gasteiger charge is 2.15. The average molecular weight is 380 g/mol. The van der Waals surface area contributed by atoms with Gasteiger partial charge in [-0.05, 0) is 43.7 Å². The van der Waals surface area contributed by atoms with E-state index in [2.05, 4.69) is 20.3 Å². The number of benzene rings is 1. The van der Waals surface area contributed by atoms with Crippen LogP contribution in [0.25, 0.3) is 22.2 Å². The van der Waals surface area contributed by atoms with Crippen LogP contribution in [0.1, 0.15) is 20.8 Å². The molecule has 0 aliphatic carbocycles. The zero-order chi connectivity index (χ0) is 18.2. The fraction of sp³-hybridized carbons (Fsp3) is 0.278. The molecule has 0 fully saturated rings. The van der Waals surface area contributed by atoms with Gasteiger partial charge in [0, 0.05) is 48.9 Å². The summed E-state index contributed by atoms with van der Waals surface area (Å²) >= 11 is 6.09. The van der Waals surface area contributed by atoms with E-state index in [1.807, 2.05) is 31.3 Å². The minimum Gasteiger partial charge on any atom is -0.344 e. The van der Waals surface area contributed by atoms with Crippen LogP contribution in [0, 0.1) is 0 Å². The van der Waals surface area contributed by atoms with E-state index in [0.29, 0.717) is 5.02 Å². The van der Waals surface area contributed by atoms with Crippen LogP contribution in [0.2, 0.25) is 5.02 Å². The van der Waals surface area contributed by atoms with Crippen molar-refractivity contribution in [3.8, 4) is 11.3 Å². The average Bonchev–Trinajstić information content (AvgIpc) is 2.90. The van der Waals surface area contributed by atoms with E-state index in [0.717, 1.165) is 27.7 Å². The number of nitrogens with zero attached hydrogens (tertiary/aromatic N) is 2. The molecule has 0 bridgehead atoms. The number of nitrogens with one attached hydrogen (secondary N) is 1. The molecule has 2 aromatic heterocycles. The summed E-state index contributed by atoms with van der Waals surface area (Å²) in [7, 11) is -1.33. The lowest BCUT2D eigenvalue weighted by Gasteiger charge is -2.10. The summed E-state index contributed by atoms with van der Waals surface area (Å²) in [5.74, 6) is 0. The molecule has 0 amide bonds. The van der Waals surface area contributed by atoms with Crippen molar-refractivity contribution in [1.82, 2.24) is 14.3 Å². The second kappa shape index (κ2) is 6.78. The molecule has 0 radical (unpaired) electrons. The molecule has 134 valence electrons. The summed E-state index contributed by atoms with van der Waals surface area (Å²) in [6, 6.07) is 9.79. The van der Waals surface area contributed by atoms with E-state index in [-0.39, 0.29) is 7.97 Å². The Morgan fingerprint density at radius 3 is 2.72 bits per heavy atom. The van der Waals surface area contributed by atoms with Crippen molar-refractivity contribution >= 4 is 32.5 Å². The van der Waals surface area contributed by atoms with Gasteiger partial charge in [0.05, 0.1) is 10.9 Å². The molecule has 0 saturated carbocycles. The topological polar surface area (TPSA) is 64.0 Å². The van der Waals surface area contributed by atoms with Gasteiger partial charge in [-0.1, -0.05) is 17.7 Å². The normalized spacial score (nSPS) is 12.2. The molecule has 1 N–H and O–H groups in total. The number of sulfonamides is 1. The molecule has 0 aliphatic heterocycles. The Hall–Kier alpha value is -1.89. The highest BCUT2D eigenvalue weighted by atomic mass is 35.5. The molecule has 7 heteroatoms. The van der Waals surface area contributed by atoms with E-state index in [4.69, 9.17) is 11.6 Å². The molecule has 0 atom stereocenters. The SMILES string of the molecule is CC(C)S(=O)(=O)NCc1cncc(-c2cc3ccc(Cl)cc3n2C)c1.[HH]. The first-order valence-corrected chi connectivity index (χ1v) is 9.88. The fourth-order valence-corrected chi connectivity index (χ4v) is 3.52. The van der Waals surface area contributed by atoms with Crippen LogP contribution in [0.4, 0.5) is 0 Å². The third-order valence-corrected chi connectivity index (χ3v) is 6.22. The molecule has 3 rings (SSSR count). The van der Waals surface area contributed by atoms with Gasteiger partial charge in [0.15, 0.2) is 0 Å². The third kappa shape index (κ3) is 3.71. The van der Waals surface area contributed by atoms with E-state index < -0.39 is 15.3 Å². The molecule has 0 aliphatic rings. The van der Waals surface area contributed by atoms with Crippen LogP contribution < -0.4 is 4.72 Å². The number of pyridine rings is 1. The van der Waals surface area contributed by atoms with E-state index in [1.54, 1.807) is 26.2 Å². The van der Waals surface area contributed by atoms with Crippen LogP contribution in [0.5, 0.6) is 0 Å². The lowest BCUT2D eigenvalue weighted by Crippen LogP contribution is -2.30. The predicted molar refractivity (Wildman–Crippen MR) is 104 cm³/mol. The Balaban J connectivity index is 0.00000243. The Bertz CT molecular complexity index is 1030. The number of hydrogen-bond donors (Lipinski definition) is 1. The van der Waals surface area contributed by atoms with Crippen LogP contribution >= 0.6 is 11.6 Å². The van der Waals surface area contributed by atoms with E-state index in [1.165, 1.54) is 0 Å². The minimum atomic E-state index is -3.30. The number of aromatic nitrogens is 2. The molecule has 25 heavy (non-hydrogen) atoms. The van der Waals surface area contributed by atoms with Gasteiger partial charge >= 0.3 is 0 Å². The quantitative estimate of drug-likeness (QED) is 0.729. The summed E-state index contributed by atoms with van der Waals surface area (Å²) in [6.07, 6.45) is 3.45. The van der Waals surface area contributed by atoms with Crippen molar-refractivity contribution in [1.29, 1.82) is 0 Å². The van der Waals surface area contributed by atoms with Crippen LogP contribution in [0.15, 0.2) is 42.7 Å². The molecule has 0 saturated heterocycles. The van der Waals surface area contributed by atoms with Crippen molar-refractivity contribution < 1.29 is 9.84 Å². The van der Waals surface area contributed by atoms with Gasteiger partial charge in [0.1, 0.15) is 0 Å². The minimum absolute atomic E-state index is 0. The molecule has 0 unspecified atom stereocenters. The van der Waals surface area contributed by atoms with Crippen LogP contribution in [-0.2, 0) is 23.6 Å². The highest BCUT2D eigenvalue weighted by molar-refractivity contribution is 7.90. The molecule has 5 nitrogen and oxygen atoms in total. The highest BCUT2D eigenvalue weighted by Crippen LogP contribution is 2.29. The largest absolute Gasteiger partial charge is 0.344 e. The summed E-state index contributed by atoms with van der Waals surface area (Å²) in [6.45, 7) is 3.52. The van der Waals surface area contributed by atoms with Gasteiger partial charge in [-0.3, -0.25) is 4.98 Å². The van der Waals surface area contributed by atoms with Crippen LogP contribution in [-0.4, -0.2) is 23.2 Å². The molecule has 2 heterocycles. The second-order valence-corrected chi connectivity index (χ2v) is 9.05. The molecular formula is C18H22ClN3O2S. The Kier molecular flexibility index (Phi) is 4.86. The summed E-state index contributed by atoms with van der Waals surface area (Å²) < 4.78 is 28.5. The maximum atomic E-state index is 11.9. The number of fused-ring (bicyclic) bond motifs is 1. The third-order valence-electron chi connectivity index (χ3n) is 4.20. The monoisotopic (exact) mass is 379 g/mol. The van der Waals surface area contributed by atoms with Gasteiger partial charge in [0.2, 0.25) is 10.0 Å². The van der Waals surface area contributed by atoms with Gasteiger partial charge in [-0.25, -0.2) is 13.1 Å². The van der Waals surface area contributed by atoms with Gasteiger partial charge in [-0.2, -0.15) is 0 Å². The Morgan fingerprint density at radius 2 is 2.00 bits per heavy atom. The van der Waals surface area contributed by atoms with Crippen molar-refractivity contribution in [3.63, 3.8) is 0 Å². The summed E-state index contributed by atoms with van der Waals surface area (Å²) in [5, 5.41) is 1.31. The fourth-order valence-electron chi connectivity index (χ4n) is 2.66. The Labute approximate surface area is 154 Å². The number of hydrogen-bond acceptors (Lipinski definition) is 3. The number of halogens is 1. The van der Waals surface area contributed by atoms with E-state index >= 15 is 0 Å². The van der Waals surface area contributed by atoms with Crippen molar-refractivity contribution in [3.05, 3.63) is 53.3 Å². The first kappa shape index (κ1) is 17.9. The summed E-state index contributed by atoms with van der Waals surface area (Å²) in [4.78, 5) is 4.26. The standard InChI is InChI=1S/C18H20ClN3O2S.H2/c1-12(2)25(23,24)21-10-13-6-15(11-20-9-13)17-7-14-4-5-16(19)8-18(14)22(17)3;/h4-9,11-12,21H,10H2,1-3H3;1H. The zero-order valence-electron chi connectivity index (χ0n) is 14.3. The predicted octanol–water partition coefficient (Wildman–Crippen LogP) is 3.97. The number of aryl methyl sites for hydroxylation is 1. The lowest BCUT2D eigenvalue weighted by molar-refractivity contribution is 0.572. The van der Waals surface area contributed by atoms with Gasteiger partial charge in [0.25, 0.3) is 0 Å². The zero-order valence-corrected chi connectivity index (χ0v) is 15.9. The molecule has 3 aromatic rings. The first-order chi connectivity index (χ1) is 11.8. The van der Waals surface area contributed by atoms with Gasteiger partial charge in [-0.15, -0.1) is 0 Å². The smallest absolute Gasteiger partial charge is 0.214 e.